The van der Waals surface area contributed by atoms with E-state index in [0.29, 0.717) is 40.6 Å². The molecule has 3 aromatic heterocycles. The van der Waals surface area contributed by atoms with Gasteiger partial charge in [-0.1, -0.05) is 11.3 Å². The number of piperidine rings is 1. The van der Waals surface area contributed by atoms with Crippen LogP contribution in [0.15, 0.2) is 30.5 Å². The third-order valence-corrected chi connectivity index (χ3v) is 6.15. The molecule has 0 bridgehead atoms. The summed E-state index contributed by atoms with van der Waals surface area (Å²) in [6.45, 7) is -1.07. The molecular weight excluding hydrogens is 481 g/mol. The molecule has 2 N–H and O–H groups in total. The zero-order chi connectivity index (χ0) is 25.4. The van der Waals surface area contributed by atoms with Gasteiger partial charge in [-0.3, -0.25) is 4.79 Å². The molecule has 4 aromatic rings. The molecule has 1 saturated heterocycles. The number of likely N-dealkylation sites (tertiary alicyclic amines) is 1. The summed E-state index contributed by atoms with van der Waals surface area (Å²) >= 11 is 0. The molecule has 14 heteroatoms. The highest BCUT2D eigenvalue weighted by molar-refractivity contribution is 5.89. The Morgan fingerprint density at radius 1 is 1.33 bits per heavy atom. The topological polar surface area (TPSA) is 123 Å². The number of amides is 1. The first-order chi connectivity index (χ1) is 17.4. The lowest BCUT2D eigenvalue weighted by atomic mass is 10.0. The molecule has 0 aliphatic carbocycles. The highest BCUT2D eigenvalue weighted by Gasteiger charge is 2.32. The SMILES string of the molecule is COc1nc(N[C@H]2CCN(C(=O)CO)C[C@H]2F)nn2ccc(-c3ccc4nnn(CC(F)F)c4c3)c12. The van der Waals surface area contributed by atoms with E-state index < -0.39 is 37.7 Å². The van der Waals surface area contributed by atoms with E-state index in [1.165, 1.54) is 12.0 Å². The van der Waals surface area contributed by atoms with Crippen LogP contribution in [-0.2, 0) is 11.3 Å². The van der Waals surface area contributed by atoms with E-state index in [0.717, 1.165) is 4.68 Å². The fourth-order valence-corrected chi connectivity index (χ4v) is 4.39. The van der Waals surface area contributed by atoms with Crippen molar-refractivity contribution in [3.8, 4) is 17.0 Å². The summed E-state index contributed by atoms with van der Waals surface area (Å²) in [7, 11) is 1.45. The van der Waals surface area contributed by atoms with E-state index in [4.69, 9.17) is 9.84 Å². The zero-order valence-corrected chi connectivity index (χ0v) is 19.2. The largest absolute Gasteiger partial charge is 0.479 e. The van der Waals surface area contributed by atoms with Crippen molar-refractivity contribution in [1.29, 1.82) is 0 Å². The summed E-state index contributed by atoms with van der Waals surface area (Å²) < 4.78 is 48.8. The standard InChI is InChI=1S/C22H23F3N8O3/c1-36-21-20-13(12-2-3-16-17(8-12)33(30-28-16)10-18(24)25)4-7-32(20)29-22(27-21)26-15-5-6-31(9-14(15)23)19(35)11-34/h2-4,7-8,14-15,18,34H,5-6,9-11H2,1H3,(H,26,29)/t14-,15+/m1/s1. The summed E-state index contributed by atoms with van der Waals surface area (Å²) in [5.41, 5.74) is 2.89. The third kappa shape index (κ3) is 4.39. The Hall–Kier alpha value is -3.94. The molecule has 11 nitrogen and oxygen atoms in total. The number of benzene rings is 1. The van der Waals surface area contributed by atoms with E-state index >= 15 is 0 Å². The molecule has 1 fully saturated rings. The Balaban J connectivity index is 1.44. The van der Waals surface area contributed by atoms with Crippen molar-refractivity contribution in [1.82, 2.24) is 34.5 Å². The van der Waals surface area contributed by atoms with Gasteiger partial charge in [0.05, 0.1) is 25.2 Å². The molecule has 0 saturated carbocycles. The predicted octanol–water partition coefficient (Wildman–Crippen LogP) is 1.76. The van der Waals surface area contributed by atoms with Crippen LogP contribution in [0.5, 0.6) is 5.88 Å². The summed E-state index contributed by atoms with van der Waals surface area (Å²) in [4.78, 5) is 17.3. The fraction of sp³-hybridized carbons (Fsp3) is 0.409. The second-order valence-corrected chi connectivity index (χ2v) is 8.39. The third-order valence-electron chi connectivity index (χ3n) is 6.15. The van der Waals surface area contributed by atoms with Gasteiger partial charge in [0.2, 0.25) is 17.7 Å². The van der Waals surface area contributed by atoms with Gasteiger partial charge in [-0.2, -0.15) is 4.98 Å². The van der Waals surface area contributed by atoms with Crippen molar-refractivity contribution >= 4 is 28.4 Å². The maximum atomic E-state index is 14.7. The quantitative estimate of drug-likeness (QED) is 0.391. The van der Waals surface area contributed by atoms with Crippen molar-refractivity contribution < 1.29 is 27.8 Å². The van der Waals surface area contributed by atoms with Crippen LogP contribution >= 0.6 is 0 Å². The van der Waals surface area contributed by atoms with Crippen LogP contribution in [0.4, 0.5) is 19.1 Å². The van der Waals surface area contributed by atoms with E-state index in [9.17, 15) is 18.0 Å². The lowest BCUT2D eigenvalue weighted by molar-refractivity contribution is -0.136. The number of hydrogen-bond donors (Lipinski definition) is 2. The second kappa shape index (κ2) is 9.60. The van der Waals surface area contributed by atoms with E-state index in [2.05, 4.69) is 25.7 Å². The number of alkyl halides is 3. The second-order valence-electron chi connectivity index (χ2n) is 8.39. The summed E-state index contributed by atoms with van der Waals surface area (Å²) in [5.74, 6) is -0.137. The molecule has 1 amide bonds. The number of carbonyl (C=O) groups is 1. The molecule has 0 unspecified atom stereocenters. The number of aliphatic hydroxyl groups excluding tert-OH is 1. The molecule has 36 heavy (non-hydrogen) atoms. The van der Waals surface area contributed by atoms with Crippen molar-refractivity contribution in [2.75, 3.05) is 32.1 Å². The van der Waals surface area contributed by atoms with Crippen molar-refractivity contribution in [3.05, 3.63) is 30.5 Å². The van der Waals surface area contributed by atoms with Crippen molar-refractivity contribution in [2.45, 2.75) is 31.6 Å². The zero-order valence-electron chi connectivity index (χ0n) is 19.2. The van der Waals surface area contributed by atoms with Crippen LogP contribution < -0.4 is 10.1 Å². The number of aliphatic hydroxyl groups is 1. The number of hydrogen-bond acceptors (Lipinski definition) is 8. The maximum Gasteiger partial charge on any atom is 0.258 e. The van der Waals surface area contributed by atoms with Gasteiger partial charge in [0, 0.05) is 18.3 Å². The highest BCUT2D eigenvalue weighted by Crippen LogP contribution is 2.33. The van der Waals surface area contributed by atoms with Gasteiger partial charge < -0.3 is 20.1 Å². The van der Waals surface area contributed by atoms with Crippen LogP contribution in [-0.4, -0.2) is 91.0 Å². The van der Waals surface area contributed by atoms with Crippen LogP contribution in [0.2, 0.25) is 0 Å². The highest BCUT2D eigenvalue weighted by atomic mass is 19.3. The van der Waals surface area contributed by atoms with Gasteiger partial charge in [0.15, 0.2) is 0 Å². The van der Waals surface area contributed by atoms with Gasteiger partial charge >= 0.3 is 0 Å². The van der Waals surface area contributed by atoms with Crippen molar-refractivity contribution in [3.63, 3.8) is 0 Å². The number of halogens is 3. The molecule has 1 aromatic carbocycles. The average Bonchev–Trinajstić information content (AvgIpc) is 3.47. The van der Waals surface area contributed by atoms with E-state index in [1.807, 2.05) is 0 Å². The fourth-order valence-electron chi connectivity index (χ4n) is 4.39. The molecule has 0 spiro atoms. The monoisotopic (exact) mass is 504 g/mol. The Kier molecular flexibility index (Phi) is 6.35. The molecule has 1 aliphatic heterocycles. The molecule has 2 atom stereocenters. The van der Waals surface area contributed by atoms with Gasteiger partial charge in [0.25, 0.3) is 6.43 Å². The van der Waals surface area contributed by atoms with Gasteiger partial charge in [0.1, 0.15) is 30.4 Å². The number of nitrogens with zero attached hydrogens (tertiary/aromatic N) is 7. The number of nitrogens with one attached hydrogen (secondary N) is 1. The smallest absolute Gasteiger partial charge is 0.258 e. The van der Waals surface area contributed by atoms with Crippen molar-refractivity contribution in [2.24, 2.45) is 0 Å². The normalized spacial score (nSPS) is 18.3. The Morgan fingerprint density at radius 2 is 2.17 bits per heavy atom. The first-order valence-electron chi connectivity index (χ1n) is 11.2. The molecule has 0 radical (unpaired) electrons. The first kappa shape index (κ1) is 23.8. The number of ether oxygens (including phenoxy) is 1. The van der Waals surface area contributed by atoms with E-state index in [-0.39, 0.29) is 18.4 Å². The number of rotatable bonds is 7. The molecule has 5 rings (SSSR count). The minimum atomic E-state index is -2.57. The van der Waals surface area contributed by atoms with E-state index in [1.54, 1.807) is 35.0 Å². The molecular formula is C22H23F3N8O3. The summed E-state index contributed by atoms with van der Waals surface area (Å²) in [6.07, 6.45) is -1.94. The first-order valence-corrected chi connectivity index (χ1v) is 11.2. The predicted molar refractivity (Wildman–Crippen MR) is 123 cm³/mol. The van der Waals surface area contributed by atoms with Crippen LogP contribution in [0.1, 0.15) is 6.42 Å². The Labute approximate surface area is 202 Å². The average molecular weight is 504 g/mol. The van der Waals surface area contributed by atoms with Gasteiger partial charge in [-0.25, -0.2) is 22.4 Å². The number of carbonyl (C=O) groups excluding carboxylic acids is 1. The maximum absolute atomic E-state index is 14.7. The van der Waals surface area contributed by atoms with Gasteiger partial charge in [-0.15, -0.1) is 10.2 Å². The number of anilines is 1. The Morgan fingerprint density at radius 3 is 2.89 bits per heavy atom. The van der Waals surface area contributed by atoms with Crippen LogP contribution in [0, 0.1) is 0 Å². The lowest BCUT2D eigenvalue weighted by Crippen LogP contribution is -2.50. The molecule has 190 valence electrons. The molecule has 1 aliphatic rings. The summed E-state index contributed by atoms with van der Waals surface area (Å²) in [5, 5.41) is 24.2. The Bertz CT molecular complexity index is 1410. The van der Waals surface area contributed by atoms with Crippen LogP contribution in [0.25, 0.3) is 27.7 Å². The minimum Gasteiger partial charge on any atom is -0.479 e. The number of methoxy groups -OCH3 is 1. The lowest BCUT2D eigenvalue weighted by Gasteiger charge is -2.34. The number of aromatic nitrogens is 6. The summed E-state index contributed by atoms with van der Waals surface area (Å²) in [6, 6.07) is 6.36. The van der Waals surface area contributed by atoms with Gasteiger partial charge in [-0.05, 0) is 30.2 Å². The minimum absolute atomic E-state index is 0.135. The molecule has 4 heterocycles. The van der Waals surface area contributed by atoms with Crippen LogP contribution in [0.3, 0.4) is 0 Å². The number of fused-ring (bicyclic) bond motifs is 2.